The minimum atomic E-state index is -0.0278. The van der Waals surface area contributed by atoms with Gasteiger partial charge in [0.2, 0.25) is 0 Å². The molecule has 4 rings (SSSR count). The van der Waals surface area contributed by atoms with Gasteiger partial charge in [-0.15, -0.1) is 0 Å². The highest BCUT2D eigenvalue weighted by atomic mass is 16.3. The van der Waals surface area contributed by atoms with Gasteiger partial charge in [0.15, 0.2) is 0 Å². The van der Waals surface area contributed by atoms with Crippen LogP contribution in [0.4, 0.5) is 0 Å². The van der Waals surface area contributed by atoms with E-state index in [-0.39, 0.29) is 6.10 Å². The van der Waals surface area contributed by atoms with Gasteiger partial charge in [-0.25, -0.2) is 0 Å². The van der Waals surface area contributed by atoms with Gasteiger partial charge in [0.25, 0.3) is 0 Å². The van der Waals surface area contributed by atoms with Gasteiger partial charge in [-0.05, 0) is 91.8 Å². The number of aliphatic hydroxyl groups excluding tert-OH is 1. The first kappa shape index (κ1) is 14.5. The lowest BCUT2D eigenvalue weighted by Gasteiger charge is -2.64. The van der Waals surface area contributed by atoms with Crippen LogP contribution in [0.15, 0.2) is 0 Å². The highest BCUT2D eigenvalue weighted by Gasteiger charge is 2.61. The number of fused-ring (bicyclic) bond motifs is 5. The molecule has 4 fully saturated rings. The molecule has 1 N–H and O–H groups in total. The van der Waals surface area contributed by atoms with Crippen LogP contribution in [0.5, 0.6) is 0 Å². The van der Waals surface area contributed by atoms with E-state index in [4.69, 9.17) is 0 Å². The number of hydrogen-bond donors (Lipinski definition) is 1. The average Bonchev–Trinajstić information content (AvgIpc) is 2.82. The Morgan fingerprint density at radius 1 is 0.810 bits per heavy atom. The Balaban J connectivity index is 1.67. The Morgan fingerprint density at radius 3 is 2.43 bits per heavy atom. The topological polar surface area (TPSA) is 20.2 Å². The third kappa shape index (κ3) is 1.85. The Bertz CT molecular complexity index is 432. The van der Waals surface area contributed by atoms with E-state index in [0.717, 1.165) is 30.6 Å². The van der Waals surface area contributed by atoms with Gasteiger partial charge >= 0.3 is 0 Å². The maximum Gasteiger partial charge on any atom is 0.0545 e. The van der Waals surface area contributed by atoms with Crippen molar-refractivity contribution in [3.8, 4) is 0 Å². The van der Waals surface area contributed by atoms with Crippen molar-refractivity contribution in [3.05, 3.63) is 0 Å². The van der Waals surface area contributed by atoms with Crippen LogP contribution < -0.4 is 0 Å². The molecule has 0 aromatic carbocycles. The van der Waals surface area contributed by atoms with Crippen molar-refractivity contribution in [1.29, 1.82) is 0 Å². The van der Waals surface area contributed by atoms with Gasteiger partial charge in [0, 0.05) is 0 Å². The molecule has 1 heteroatoms. The molecule has 0 aliphatic heterocycles. The van der Waals surface area contributed by atoms with Gasteiger partial charge < -0.3 is 5.11 Å². The first-order chi connectivity index (χ1) is 9.88. The Hall–Kier alpha value is -0.0400. The molecule has 0 saturated heterocycles. The predicted octanol–water partition coefficient (Wildman–Crippen LogP) is 5.17. The zero-order valence-corrected chi connectivity index (χ0v) is 14.3. The predicted molar refractivity (Wildman–Crippen MR) is 87.0 cm³/mol. The lowest BCUT2D eigenvalue weighted by atomic mass is 9.40. The molecule has 0 bridgehead atoms. The van der Waals surface area contributed by atoms with E-state index >= 15 is 0 Å². The molecule has 4 saturated carbocycles. The molecule has 4 aliphatic rings. The second-order valence-corrected chi connectivity index (χ2v) is 9.88. The first-order valence-electron chi connectivity index (χ1n) is 9.56. The second kappa shape index (κ2) is 4.49. The maximum atomic E-state index is 10.2. The summed E-state index contributed by atoms with van der Waals surface area (Å²) in [5.74, 6) is 2.96. The first-order valence-corrected chi connectivity index (χ1v) is 9.56. The van der Waals surface area contributed by atoms with Gasteiger partial charge in [0.1, 0.15) is 0 Å². The van der Waals surface area contributed by atoms with Crippen LogP contribution in [-0.2, 0) is 0 Å². The zero-order valence-electron chi connectivity index (χ0n) is 14.3. The van der Waals surface area contributed by atoms with Crippen LogP contribution >= 0.6 is 0 Å². The zero-order chi connectivity index (χ0) is 14.9. The minimum absolute atomic E-state index is 0.0278. The molecule has 21 heavy (non-hydrogen) atoms. The largest absolute Gasteiger partial charge is 0.393 e. The van der Waals surface area contributed by atoms with E-state index in [0.29, 0.717) is 16.2 Å². The van der Waals surface area contributed by atoms with Crippen LogP contribution in [0, 0.1) is 34.0 Å². The maximum absolute atomic E-state index is 10.2. The van der Waals surface area contributed by atoms with E-state index in [2.05, 4.69) is 20.8 Å². The number of aliphatic hydroxyl groups is 1. The Kier molecular flexibility index (Phi) is 3.11. The number of rotatable bonds is 0. The van der Waals surface area contributed by atoms with Gasteiger partial charge in [-0.3, -0.25) is 0 Å². The fraction of sp³-hybridized carbons (Fsp3) is 1.00. The fourth-order valence-electron chi connectivity index (χ4n) is 7.60. The summed E-state index contributed by atoms with van der Waals surface area (Å²) in [6, 6.07) is 0. The highest BCUT2D eigenvalue weighted by Crippen LogP contribution is 2.69. The molecular formula is C20H34O. The molecule has 4 aliphatic carbocycles. The molecule has 1 nitrogen and oxygen atoms in total. The Morgan fingerprint density at radius 2 is 1.62 bits per heavy atom. The molecule has 0 amide bonds. The highest BCUT2D eigenvalue weighted by molar-refractivity contribution is 5.11. The lowest BCUT2D eigenvalue weighted by Crippen LogP contribution is -2.57. The molecule has 0 unspecified atom stereocenters. The monoisotopic (exact) mass is 290 g/mol. The molecule has 0 radical (unpaired) electrons. The standard InChI is InChI=1S/C20H34O/c1-18-9-4-5-16(18)15-7-11-19(2)13-14(21)6-12-20(19,3)17(15)8-10-18/h14-17,21H,4-13H2,1-3H3/t14-,15+,16-,17+,18-,19+,20-/m1/s1. The summed E-state index contributed by atoms with van der Waals surface area (Å²) in [6.07, 6.45) is 13.6. The summed E-state index contributed by atoms with van der Waals surface area (Å²) in [6.45, 7) is 7.71. The van der Waals surface area contributed by atoms with Crippen LogP contribution in [0.2, 0.25) is 0 Å². The van der Waals surface area contributed by atoms with Gasteiger partial charge in [0.05, 0.1) is 6.10 Å². The third-order valence-electron chi connectivity index (χ3n) is 9.13. The van der Waals surface area contributed by atoms with Crippen LogP contribution in [-0.4, -0.2) is 11.2 Å². The molecule has 120 valence electrons. The molecule has 7 atom stereocenters. The molecular weight excluding hydrogens is 256 g/mol. The summed E-state index contributed by atoms with van der Waals surface area (Å²) in [7, 11) is 0. The van der Waals surface area contributed by atoms with E-state index in [9.17, 15) is 5.11 Å². The van der Waals surface area contributed by atoms with Crippen molar-refractivity contribution in [3.63, 3.8) is 0 Å². The molecule has 0 aromatic heterocycles. The molecule has 0 spiro atoms. The van der Waals surface area contributed by atoms with Crippen molar-refractivity contribution < 1.29 is 5.11 Å². The van der Waals surface area contributed by atoms with Crippen molar-refractivity contribution in [2.75, 3.05) is 0 Å². The lowest BCUT2D eigenvalue weighted by molar-refractivity contribution is -0.166. The third-order valence-corrected chi connectivity index (χ3v) is 9.13. The van der Waals surface area contributed by atoms with Crippen molar-refractivity contribution in [2.24, 2.45) is 34.0 Å². The van der Waals surface area contributed by atoms with E-state index in [1.165, 1.54) is 51.4 Å². The van der Waals surface area contributed by atoms with Crippen LogP contribution in [0.3, 0.4) is 0 Å². The quantitative estimate of drug-likeness (QED) is 0.652. The second-order valence-electron chi connectivity index (χ2n) is 9.88. The van der Waals surface area contributed by atoms with Crippen molar-refractivity contribution >= 4 is 0 Å². The van der Waals surface area contributed by atoms with Gasteiger partial charge in [-0.2, -0.15) is 0 Å². The fourth-order valence-corrected chi connectivity index (χ4v) is 7.60. The minimum Gasteiger partial charge on any atom is -0.393 e. The van der Waals surface area contributed by atoms with Crippen molar-refractivity contribution in [1.82, 2.24) is 0 Å². The molecule has 0 heterocycles. The average molecular weight is 290 g/mol. The summed E-state index contributed by atoms with van der Waals surface area (Å²) in [5, 5.41) is 10.2. The SMILES string of the molecule is C[C@]12CCC[C@@H]1[C@@H]1CC[C@@]3(C)C[C@H](O)CC[C@]3(C)[C@H]1CC2. The summed E-state index contributed by atoms with van der Waals surface area (Å²) in [5.41, 5.74) is 1.58. The number of hydrogen-bond acceptors (Lipinski definition) is 1. The summed E-state index contributed by atoms with van der Waals surface area (Å²) >= 11 is 0. The van der Waals surface area contributed by atoms with Crippen LogP contribution in [0.25, 0.3) is 0 Å². The van der Waals surface area contributed by atoms with Crippen LogP contribution in [0.1, 0.15) is 85.0 Å². The Labute approximate surface area is 130 Å². The summed E-state index contributed by atoms with van der Waals surface area (Å²) < 4.78 is 0. The molecule has 0 aromatic rings. The normalized spacial score (nSPS) is 60.0. The smallest absolute Gasteiger partial charge is 0.0545 e. The van der Waals surface area contributed by atoms with E-state index < -0.39 is 0 Å². The van der Waals surface area contributed by atoms with E-state index in [1.807, 2.05) is 0 Å². The van der Waals surface area contributed by atoms with Crippen molar-refractivity contribution in [2.45, 2.75) is 91.1 Å². The summed E-state index contributed by atoms with van der Waals surface area (Å²) in [4.78, 5) is 0. The van der Waals surface area contributed by atoms with E-state index in [1.54, 1.807) is 0 Å². The van der Waals surface area contributed by atoms with Gasteiger partial charge in [-0.1, -0.05) is 27.2 Å².